The first kappa shape index (κ1) is 21.7. The molecule has 3 aromatic rings. The normalized spacial score (nSPS) is 13.3. The predicted molar refractivity (Wildman–Crippen MR) is 111 cm³/mol. The average molecular weight is 415 g/mol. The largest absolute Gasteiger partial charge is 0.496 e. The number of fused-ring (bicyclic) bond motifs is 1. The van der Waals surface area contributed by atoms with E-state index in [1.807, 2.05) is 20.8 Å². The SMILES string of the molecule is COc1cccc(C#N)c1-c1ccc2c(C(N)C(F)(F)F)cn(CC(C)(C)C)c2c1. The zero-order valence-corrected chi connectivity index (χ0v) is 17.3. The Labute approximate surface area is 173 Å². The van der Waals surface area contributed by atoms with Crippen LogP contribution in [-0.4, -0.2) is 17.9 Å². The van der Waals surface area contributed by atoms with Crippen LogP contribution < -0.4 is 10.5 Å². The minimum atomic E-state index is -4.55. The van der Waals surface area contributed by atoms with Crippen LogP contribution in [0.2, 0.25) is 0 Å². The first-order valence-electron chi connectivity index (χ1n) is 9.49. The molecule has 7 heteroatoms. The van der Waals surface area contributed by atoms with E-state index in [9.17, 15) is 18.4 Å². The highest BCUT2D eigenvalue weighted by molar-refractivity contribution is 5.90. The Balaban J connectivity index is 2.29. The molecule has 2 aromatic carbocycles. The molecule has 0 fully saturated rings. The summed E-state index contributed by atoms with van der Waals surface area (Å²) in [7, 11) is 1.52. The number of aromatic nitrogens is 1. The molecule has 1 heterocycles. The molecule has 0 saturated heterocycles. The third-order valence-electron chi connectivity index (χ3n) is 4.90. The van der Waals surface area contributed by atoms with Gasteiger partial charge >= 0.3 is 6.18 Å². The van der Waals surface area contributed by atoms with Gasteiger partial charge in [0, 0.05) is 34.8 Å². The molecule has 0 aliphatic heterocycles. The summed E-state index contributed by atoms with van der Waals surface area (Å²) in [6, 6.07) is 10.4. The summed E-state index contributed by atoms with van der Waals surface area (Å²) >= 11 is 0. The van der Waals surface area contributed by atoms with Gasteiger partial charge in [0.05, 0.1) is 18.7 Å². The average Bonchev–Trinajstić information content (AvgIpc) is 3.01. The van der Waals surface area contributed by atoms with Crippen molar-refractivity contribution >= 4 is 10.9 Å². The van der Waals surface area contributed by atoms with Gasteiger partial charge in [0.2, 0.25) is 0 Å². The molecular formula is C23H24F3N3O. The second kappa shape index (κ2) is 7.69. The first-order valence-corrected chi connectivity index (χ1v) is 9.49. The highest BCUT2D eigenvalue weighted by Gasteiger charge is 2.39. The highest BCUT2D eigenvalue weighted by atomic mass is 19.4. The van der Waals surface area contributed by atoms with E-state index in [0.717, 1.165) is 0 Å². The molecular weight excluding hydrogens is 391 g/mol. The number of methoxy groups -OCH3 is 1. The molecule has 0 aliphatic carbocycles. The fourth-order valence-corrected chi connectivity index (χ4v) is 3.63. The van der Waals surface area contributed by atoms with Crippen molar-refractivity contribution in [2.24, 2.45) is 11.1 Å². The number of halogens is 3. The topological polar surface area (TPSA) is 64.0 Å². The van der Waals surface area contributed by atoms with Crippen LogP contribution in [0, 0.1) is 16.7 Å². The van der Waals surface area contributed by atoms with Gasteiger partial charge in [-0.05, 0) is 29.2 Å². The summed E-state index contributed by atoms with van der Waals surface area (Å²) in [5.74, 6) is 0.523. The van der Waals surface area contributed by atoms with Crippen LogP contribution in [0.5, 0.6) is 5.75 Å². The van der Waals surface area contributed by atoms with Gasteiger partial charge in [0.15, 0.2) is 0 Å². The lowest BCUT2D eigenvalue weighted by Gasteiger charge is -2.20. The zero-order chi connectivity index (χ0) is 22.3. The lowest BCUT2D eigenvalue weighted by atomic mass is 9.96. The molecule has 4 nitrogen and oxygen atoms in total. The third-order valence-corrected chi connectivity index (χ3v) is 4.90. The van der Waals surface area contributed by atoms with Crippen LogP contribution in [0.1, 0.15) is 37.9 Å². The molecule has 0 aliphatic rings. The second-order valence-corrected chi connectivity index (χ2v) is 8.52. The Hall–Kier alpha value is -2.98. The van der Waals surface area contributed by atoms with E-state index < -0.39 is 12.2 Å². The molecule has 0 amide bonds. The second-order valence-electron chi connectivity index (χ2n) is 8.52. The van der Waals surface area contributed by atoms with Gasteiger partial charge in [0.25, 0.3) is 0 Å². The Bertz CT molecular complexity index is 1120. The number of hydrogen-bond donors (Lipinski definition) is 1. The summed E-state index contributed by atoms with van der Waals surface area (Å²) in [4.78, 5) is 0. The van der Waals surface area contributed by atoms with E-state index in [1.54, 1.807) is 41.0 Å². The molecule has 0 radical (unpaired) electrons. The number of alkyl halides is 3. The van der Waals surface area contributed by atoms with E-state index in [-0.39, 0.29) is 11.0 Å². The molecule has 158 valence electrons. The van der Waals surface area contributed by atoms with E-state index in [1.165, 1.54) is 13.3 Å². The first-order chi connectivity index (χ1) is 14.0. The van der Waals surface area contributed by atoms with Gasteiger partial charge in [-0.2, -0.15) is 18.4 Å². The minimum absolute atomic E-state index is 0.0360. The number of nitriles is 1. The predicted octanol–water partition coefficient (Wildman–Crippen LogP) is 5.80. The quantitative estimate of drug-likeness (QED) is 0.586. The number of nitrogens with two attached hydrogens (primary N) is 1. The van der Waals surface area contributed by atoms with E-state index in [0.29, 0.717) is 39.9 Å². The van der Waals surface area contributed by atoms with Crippen molar-refractivity contribution in [3.05, 3.63) is 53.7 Å². The fourth-order valence-electron chi connectivity index (χ4n) is 3.63. The summed E-state index contributed by atoms with van der Waals surface area (Å²) in [5.41, 5.74) is 7.78. The number of nitrogens with zero attached hydrogens (tertiary/aromatic N) is 2. The maximum atomic E-state index is 13.4. The standard InChI is InChI=1S/C23H24F3N3O/c1-22(2,3)13-29-12-17(21(28)23(24,25)26)16-9-8-14(10-18(16)29)20-15(11-27)6-5-7-19(20)30-4/h5-10,12,21H,13,28H2,1-4H3. The molecule has 0 saturated carbocycles. The van der Waals surface area contributed by atoms with Crippen molar-refractivity contribution in [1.82, 2.24) is 4.57 Å². The molecule has 0 spiro atoms. The van der Waals surface area contributed by atoms with Crippen molar-refractivity contribution in [1.29, 1.82) is 5.26 Å². The van der Waals surface area contributed by atoms with Crippen molar-refractivity contribution in [2.45, 2.75) is 39.5 Å². The molecule has 30 heavy (non-hydrogen) atoms. The Morgan fingerprint density at radius 3 is 2.43 bits per heavy atom. The number of benzene rings is 2. The Morgan fingerprint density at radius 1 is 1.17 bits per heavy atom. The van der Waals surface area contributed by atoms with Crippen molar-refractivity contribution in [2.75, 3.05) is 7.11 Å². The van der Waals surface area contributed by atoms with Gasteiger partial charge in [-0.3, -0.25) is 0 Å². The maximum absolute atomic E-state index is 13.4. The fraction of sp³-hybridized carbons (Fsp3) is 0.348. The van der Waals surface area contributed by atoms with E-state index >= 15 is 0 Å². The van der Waals surface area contributed by atoms with E-state index in [2.05, 4.69) is 6.07 Å². The number of ether oxygens (including phenoxy) is 1. The van der Waals surface area contributed by atoms with E-state index in [4.69, 9.17) is 10.5 Å². The number of rotatable bonds is 4. The molecule has 1 atom stereocenters. The summed E-state index contributed by atoms with van der Waals surface area (Å²) < 4.78 is 47.3. The van der Waals surface area contributed by atoms with Crippen molar-refractivity contribution < 1.29 is 17.9 Å². The van der Waals surface area contributed by atoms with Crippen molar-refractivity contribution in [3.63, 3.8) is 0 Å². The summed E-state index contributed by atoms with van der Waals surface area (Å²) in [5, 5.41) is 9.98. The van der Waals surface area contributed by atoms with Crippen molar-refractivity contribution in [3.8, 4) is 22.9 Å². The monoisotopic (exact) mass is 415 g/mol. The van der Waals surface area contributed by atoms with Crippen LogP contribution in [-0.2, 0) is 6.54 Å². The van der Waals surface area contributed by atoms with Gasteiger partial charge in [0.1, 0.15) is 11.8 Å². The van der Waals surface area contributed by atoms with Crippen LogP contribution in [0.4, 0.5) is 13.2 Å². The number of hydrogen-bond acceptors (Lipinski definition) is 3. The Morgan fingerprint density at radius 2 is 1.87 bits per heavy atom. The lowest BCUT2D eigenvalue weighted by molar-refractivity contribution is -0.148. The molecule has 2 N–H and O–H groups in total. The van der Waals surface area contributed by atoms with Crippen LogP contribution in [0.15, 0.2) is 42.6 Å². The smallest absolute Gasteiger partial charge is 0.407 e. The summed E-state index contributed by atoms with van der Waals surface area (Å²) in [6.45, 7) is 6.55. The molecule has 1 unspecified atom stereocenters. The zero-order valence-electron chi connectivity index (χ0n) is 17.3. The lowest BCUT2D eigenvalue weighted by Crippen LogP contribution is -2.28. The molecule has 3 rings (SSSR count). The van der Waals surface area contributed by atoms with Crippen LogP contribution in [0.3, 0.4) is 0 Å². The minimum Gasteiger partial charge on any atom is -0.496 e. The molecule has 1 aromatic heterocycles. The highest BCUT2D eigenvalue weighted by Crippen LogP contribution is 2.40. The summed E-state index contributed by atoms with van der Waals surface area (Å²) in [6.07, 6.45) is -3.05. The van der Waals surface area contributed by atoms with Gasteiger partial charge in [-0.15, -0.1) is 0 Å². The molecule has 0 bridgehead atoms. The van der Waals surface area contributed by atoms with Crippen LogP contribution >= 0.6 is 0 Å². The van der Waals surface area contributed by atoms with Gasteiger partial charge in [-0.1, -0.05) is 39.0 Å². The van der Waals surface area contributed by atoms with Gasteiger partial charge in [-0.25, -0.2) is 0 Å². The van der Waals surface area contributed by atoms with Gasteiger partial charge < -0.3 is 15.0 Å². The Kier molecular flexibility index (Phi) is 5.57. The third kappa shape index (κ3) is 4.14. The maximum Gasteiger partial charge on any atom is 0.407 e. The van der Waals surface area contributed by atoms with Crippen LogP contribution in [0.25, 0.3) is 22.0 Å².